The standard InChI is InChI=1S/C12H19N3O3S/c1-8(2)18-12-10(13)3-4-11(15-12)14-9-5-6-19(16,17)7-9/h3-4,8-9H,5-7,13H2,1-2H3,(H,14,15). The lowest BCUT2D eigenvalue weighted by Gasteiger charge is -2.15. The maximum atomic E-state index is 11.4. The molecule has 0 saturated carbocycles. The fourth-order valence-corrected chi connectivity index (χ4v) is 3.64. The highest BCUT2D eigenvalue weighted by Crippen LogP contribution is 2.23. The van der Waals surface area contributed by atoms with E-state index in [-0.39, 0.29) is 23.7 Å². The van der Waals surface area contributed by atoms with Crippen molar-refractivity contribution in [3.8, 4) is 5.88 Å². The Hall–Kier alpha value is -1.50. The topological polar surface area (TPSA) is 94.3 Å². The van der Waals surface area contributed by atoms with E-state index in [2.05, 4.69) is 10.3 Å². The van der Waals surface area contributed by atoms with Crippen molar-refractivity contribution in [3.05, 3.63) is 12.1 Å². The number of nitrogen functional groups attached to an aromatic ring is 1. The highest BCUT2D eigenvalue weighted by molar-refractivity contribution is 7.91. The molecule has 1 aliphatic heterocycles. The van der Waals surface area contributed by atoms with Crippen molar-refractivity contribution < 1.29 is 13.2 Å². The summed E-state index contributed by atoms with van der Waals surface area (Å²) in [6, 6.07) is 3.34. The van der Waals surface area contributed by atoms with Gasteiger partial charge in [0.25, 0.3) is 0 Å². The van der Waals surface area contributed by atoms with E-state index >= 15 is 0 Å². The summed E-state index contributed by atoms with van der Waals surface area (Å²) < 4.78 is 28.3. The van der Waals surface area contributed by atoms with Crippen LogP contribution in [0, 0.1) is 0 Å². The van der Waals surface area contributed by atoms with E-state index in [0.29, 0.717) is 23.8 Å². The second-order valence-electron chi connectivity index (χ2n) is 5.00. The van der Waals surface area contributed by atoms with E-state index in [4.69, 9.17) is 10.5 Å². The van der Waals surface area contributed by atoms with Gasteiger partial charge in [0.2, 0.25) is 5.88 Å². The Morgan fingerprint density at radius 2 is 2.21 bits per heavy atom. The van der Waals surface area contributed by atoms with Crippen LogP contribution in [0.5, 0.6) is 5.88 Å². The van der Waals surface area contributed by atoms with Gasteiger partial charge < -0.3 is 15.8 Å². The van der Waals surface area contributed by atoms with Crippen molar-refractivity contribution in [1.82, 2.24) is 4.98 Å². The quantitative estimate of drug-likeness (QED) is 0.858. The van der Waals surface area contributed by atoms with Gasteiger partial charge in [0.1, 0.15) is 5.82 Å². The van der Waals surface area contributed by atoms with Crippen LogP contribution in [0.1, 0.15) is 20.3 Å². The molecule has 1 atom stereocenters. The molecule has 0 spiro atoms. The monoisotopic (exact) mass is 285 g/mol. The number of sulfone groups is 1. The third kappa shape index (κ3) is 3.73. The molecular formula is C12H19N3O3S. The van der Waals surface area contributed by atoms with Gasteiger partial charge in [-0.05, 0) is 32.4 Å². The predicted molar refractivity (Wildman–Crippen MR) is 75.1 cm³/mol. The maximum Gasteiger partial charge on any atom is 0.239 e. The summed E-state index contributed by atoms with van der Waals surface area (Å²) in [5.74, 6) is 1.35. The largest absolute Gasteiger partial charge is 0.473 e. The lowest BCUT2D eigenvalue weighted by atomic mass is 10.2. The van der Waals surface area contributed by atoms with Crippen LogP contribution in [0.3, 0.4) is 0 Å². The molecule has 2 rings (SSSR count). The van der Waals surface area contributed by atoms with Crippen molar-refractivity contribution in [2.24, 2.45) is 0 Å². The molecule has 19 heavy (non-hydrogen) atoms. The molecule has 1 aromatic heterocycles. The third-order valence-electron chi connectivity index (χ3n) is 2.82. The Labute approximate surface area is 113 Å². The number of hydrogen-bond donors (Lipinski definition) is 2. The molecule has 6 nitrogen and oxygen atoms in total. The molecule has 3 N–H and O–H groups in total. The van der Waals surface area contributed by atoms with Gasteiger partial charge in [-0.2, -0.15) is 4.98 Å². The van der Waals surface area contributed by atoms with E-state index in [1.165, 1.54) is 0 Å². The minimum absolute atomic E-state index is 0.0168. The molecule has 1 aliphatic rings. The van der Waals surface area contributed by atoms with Gasteiger partial charge in [0.15, 0.2) is 9.84 Å². The number of aromatic nitrogens is 1. The minimum atomic E-state index is -2.90. The first kappa shape index (κ1) is 13.9. The molecular weight excluding hydrogens is 266 g/mol. The summed E-state index contributed by atoms with van der Waals surface area (Å²) in [6.07, 6.45) is 0.589. The zero-order valence-corrected chi connectivity index (χ0v) is 11.9. The number of rotatable bonds is 4. The zero-order chi connectivity index (χ0) is 14.0. The van der Waals surface area contributed by atoms with E-state index in [9.17, 15) is 8.42 Å². The molecule has 106 valence electrons. The first-order valence-corrected chi connectivity index (χ1v) is 8.08. The van der Waals surface area contributed by atoms with Crippen molar-refractivity contribution in [2.45, 2.75) is 32.4 Å². The molecule has 2 heterocycles. The van der Waals surface area contributed by atoms with Gasteiger partial charge in [-0.3, -0.25) is 0 Å². The number of anilines is 2. The Morgan fingerprint density at radius 1 is 1.47 bits per heavy atom. The normalized spacial score (nSPS) is 21.5. The van der Waals surface area contributed by atoms with Crippen LogP contribution < -0.4 is 15.8 Å². The Bertz CT molecular complexity index is 557. The highest BCUT2D eigenvalue weighted by Gasteiger charge is 2.28. The van der Waals surface area contributed by atoms with E-state index in [1.54, 1.807) is 12.1 Å². The van der Waals surface area contributed by atoms with Gasteiger partial charge in [-0.15, -0.1) is 0 Å². The average molecular weight is 285 g/mol. The van der Waals surface area contributed by atoms with Crippen LogP contribution in [-0.2, 0) is 9.84 Å². The van der Waals surface area contributed by atoms with Crippen molar-refractivity contribution in [1.29, 1.82) is 0 Å². The molecule has 1 unspecified atom stereocenters. The Kier molecular flexibility index (Phi) is 3.84. The van der Waals surface area contributed by atoms with Crippen LogP contribution in [0.2, 0.25) is 0 Å². The molecule has 0 bridgehead atoms. The summed E-state index contributed by atoms with van der Waals surface area (Å²) in [5, 5.41) is 3.11. The van der Waals surface area contributed by atoms with Gasteiger partial charge in [0, 0.05) is 6.04 Å². The second-order valence-corrected chi connectivity index (χ2v) is 7.23. The van der Waals surface area contributed by atoms with E-state index in [1.807, 2.05) is 13.8 Å². The highest BCUT2D eigenvalue weighted by atomic mass is 32.2. The lowest BCUT2D eigenvalue weighted by Crippen LogP contribution is -2.21. The number of hydrogen-bond acceptors (Lipinski definition) is 6. The summed E-state index contributed by atoms with van der Waals surface area (Å²) in [7, 11) is -2.90. The SMILES string of the molecule is CC(C)Oc1nc(NC2CCS(=O)(=O)C2)ccc1N. The molecule has 1 fully saturated rings. The van der Waals surface area contributed by atoms with Crippen molar-refractivity contribution in [3.63, 3.8) is 0 Å². The molecule has 0 aromatic carbocycles. The van der Waals surface area contributed by atoms with Crippen LogP contribution in [0.4, 0.5) is 11.5 Å². The Morgan fingerprint density at radius 3 is 2.79 bits per heavy atom. The summed E-state index contributed by atoms with van der Waals surface area (Å²) in [6.45, 7) is 3.79. The molecule has 0 radical (unpaired) electrons. The average Bonchev–Trinajstić information content (AvgIpc) is 2.62. The van der Waals surface area contributed by atoms with Gasteiger partial charge in [0.05, 0.1) is 23.3 Å². The molecule has 0 aliphatic carbocycles. The van der Waals surface area contributed by atoms with E-state index < -0.39 is 9.84 Å². The summed E-state index contributed by atoms with van der Waals surface area (Å²) >= 11 is 0. The number of pyridine rings is 1. The fourth-order valence-electron chi connectivity index (χ4n) is 1.97. The molecule has 1 aromatic rings. The van der Waals surface area contributed by atoms with Crippen molar-refractivity contribution >= 4 is 21.3 Å². The van der Waals surface area contributed by atoms with Gasteiger partial charge in [-0.25, -0.2) is 8.42 Å². The van der Waals surface area contributed by atoms with Crippen LogP contribution >= 0.6 is 0 Å². The van der Waals surface area contributed by atoms with Gasteiger partial charge in [-0.1, -0.05) is 0 Å². The lowest BCUT2D eigenvalue weighted by molar-refractivity contribution is 0.234. The fraction of sp³-hybridized carbons (Fsp3) is 0.583. The molecule has 0 amide bonds. The first-order chi connectivity index (χ1) is 8.85. The smallest absolute Gasteiger partial charge is 0.239 e. The Balaban J connectivity index is 2.09. The number of nitrogens with zero attached hydrogens (tertiary/aromatic N) is 1. The number of nitrogens with two attached hydrogens (primary N) is 1. The maximum absolute atomic E-state index is 11.4. The number of ether oxygens (including phenoxy) is 1. The third-order valence-corrected chi connectivity index (χ3v) is 4.59. The first-order valence-electron chi connectivity index (χ1n) is 6.26. The van der Waals surface area contributed by atoms with Crippen LogP contribution in [-0.4, -0.2) is 37.1 Å². The molecule has 7 heteroatoms. The van der Waals surface area contributed by atoms with E-state index in [0.717, 1.165) is 0 Å². The van der Waals surface area contributed by atoms with Crippen molar-refractivity contribution in [2.75, 3.05) is 22.6 Å². The number of nitrogens with one attached hydrogen (secondary N) is 1. The minimum Gasteiger partial charge on any atom is -0.473 e. The second kappa shape index (κ2) is 5.24. The molecule has 1 saturated heterocycles. The summed E-state index contributed by atoms with van der Waals surface area (Å²) in [5.41, 5.74) is 6.25. The summed E-state index contributed by atoms with van der Waals surface area (Å²) in [4.78, 5) is 4.27. The predicted octanol–water partition coefficient (Wildman–Crippen LogP) is 1.05. The van der Waals surface area contributed by atoms with Crippen LogP contribution in [0.25, 0.3) is 0 Å². The van der Waals surface area contributed by atoms with Crippen LogP contribution in [0.15, 0.2) is 12.1 Å². The zero-order valence-electron chi connectivity index (χ0n) is 11.1. The van der Waals surface area contributed by atoms with Gasteiger partial charge >= 0.3 is 0 Å².